The van der Waals surface area contributed by atoms with E-state index in [9.17, 15) is 4.79 Å². The monoisotopic (exact) mass is 166 g/mol. The molecule has 64 valence electrons. The van der Waals surface area contributed by atoms with E-state index in [0.29, 0.717) is 0 Å². The van der Waals surface area contributed by atoms with Crippen LogP contribution in [0.15, 0.2) is 24.0 Å². The molecule has 0 radical (unpaired) electrons. The van der Waals surface area contributed by atoms with Crippen molar-refractivity contribution < 1.29 is 9.90 Å². The van der Waals surface area contributed by atoms with Crippen molar-refractivity contribution in [2.75, 3.05) is 6.54 Å². The molecule has 4 nitrogen and oxygen atoms in total. The Hall–Kier alpha value is -1.76. The number of nitrogens with zero attached hydrogens (tertiary/aromatic N) is 1. The van der Waals surface area contributed by atoms with Crippen molar-refractivity contribution in [1.82, 2.24) is 5.32 Å². The Bertz CT molecular complexity index is 257. The average molecular weight is 166 g/mol. The second-order valence-electron chi connectivity index (χ2n) is 2.07. The largest absolute Gasteiger partial charge is 0.511 e. The predicted octanol–water partition coefficient (Wildman–Crippen LogP) is 0.644. The van der Waals surface area contributed by atoms with E-state index in [1.807, 2.05) is 0 Å². The zero-order valence-electron chi connectivity index (χ0n) is 6.79. The Morgan fingerprint density at radius 1 is 1.83 bits per heavy atom. The fraction of sp³-hybridized carbons (Fsp3) is 0.250. The lowest BCUT2D eigenvalue weighted by Crippen LogP contribution is -2.25. The number of aliphatic hydroxyl groups excluding tert-OH is 1. The van der Waals surface area contributed by atoms with Crippen LogP contribution in [-0.4, -0.2) is 17.6 Å². The minimum absolute atomic E-state index is 0.267. The van der Waals surface area contributed by atoms with Gasteiger partial charge in [-0.25, -0.2) is 0 Å². The summed E-state index contributed by atoms with van der Waals surface area (Å²) in [4.78, 5) is 11.0. The number of rotatable bonds is 3. The van der Waals surface area contributed by atoms with Crippen molar-refractivity contribution in [2.24, 2.45) is 0 Å². The molecule has 0 rings (SSSR count). The molecule has 0 spiro atoms. The summed E-state index contributed by atoms with van der Waals surface area (Å²) >= 11 is 0. The van der Waals surface area contributed by atoms with E-state index in [0.717, 1.165) is 0 Å². The van der Waals surface area contributed by atoms with Crippen LogP contribution < -0.4 is 5.32 Å². The minimum atomic E-state index is -0.586. The average Bonchev–Trinajstić information content (AvgIpc) is 2.01. The van der Waals surface area contributed by atoms with Crippen molar-refractivity contribution in [3.8, 4) is 6.07 Å². The zero-order chi connectivity index (χ0) is 9.56. The highest BCUT2D eigenvalue weighted by Gasteiger charge is 2.10. The van der Waals surface area contributed by atoms with Gasteiger partial charge in [0.2, 0.25) is 0 Å². The molecule has 0 unspecified atom stereocenters. The van der Waals surface area contributed by atoms with Gasteiger partial charge in [0.15, 0.2) is 5.57 Å². The van der Waals surface area contributed by atoms with Crippen LogP contribution in [0.4, 0.5) is 0 Å². The molecule has 0 aliphatic carbocycles. The van der Waals surface area contributed by atoms with Gasteiger partial charge >= 0.3 is 0 Å². The van der Waals surface area contributed by atoms with E-state index in [1.54, 1.807) is 6.07 Å². The Morgan fingerprint density at radius 3 is 2.75 bits per heavy atom. The summed E-state index contributed by atoms with van der Waals surface area (Å²) in [6.45, 7) is 4.95. The van der Waals surface area contributed by atoms with E-state index in [4.69, 9.17) is 10.4 Å². The number of carbonyl (C=O) groups excluding carboxylic acids is 1. The third kappa shape index (κ3) is 2.88. The second-order valence-corrected chi connectivity index (χ2v) is 2.07. The first-order valence-electron chi connectivity index (χ1n) is 3.32. The van der Waals surface area contributed by atoms with Crippen LogP contribution in [0.2, 0.25) is 0 Å². The number of hydrogen-bond donors (Lipinski definition) is 2. The predicted molar refractivity (Wildman–Crippen MR) is 44.1 cm³/mol. The standard InChI is InChI=1S/C8H10N2O2/c1-3-4-10-8(12)7(5-9)6(2)11/h3,11H,1,4H2,2H3,(H,10,12)/b7-6-. The number of nitrogens with one attached hydrogen (secondary N) is 1. The van der Waals surface area contributed by atoms with Gasteiger partial charge in [-0.05, 0) is 6.92 Å². The third-order valence-electron chi connectivity index (χ3n) is 1.11. The second kappa shape index (κ2) is 4.97. The molecule has 0 heterocycles. The Kier molecular flexibility index (Phi) is 4.24. The van der Waals surface area contributed by atoms with Crippen LogP contribution in [0.5, 0.6) is 0 Å². The van der Waals surface area contributed by atoms with E-state index < -0.39 is 5.91 Å². The maximum Gasteiger partial charge on any atom is 0.265 e. The number of hydrogen-bond acceptors (Lipinski definition) is 3. The van der Waals surface area contributed by atoms with Crippen molar-refractivity contribution in [3.05, 3.63) is 24.0 Å². The molecule has 0 aromatic carbocycles. The van der Waals surface area contributed by atoms with Gasteiger partial charge in [-0.1, -0.05) is 6.08 Å². The molecule has 0 aliphatic rings. The van der Waals surface area contributed by atoms with Crippen LogP contribution >= 0.6 is 0 Å². The molecule has 0 atom stereocenters. The lowest BCUT2D eigenvalue weighted by Gasteiger charge is -1.99. The van der Waals surface area contributed by atoms with E-state index in [2.05, 4.69) is 11.9 Å². The SMILES string of the molecule is C=CCNC(=O)/C(C#N)=C(/C)O. The lowest BCUT2D eigenvalue weighted by molar-refractivity contribution is -0.117. The maximum absolute atomic E-state index is 11.0. The molecule has 0 saturated heterocycles. The van der Waals surface area contributed by atoms with Crippen LogP contribution in [0.25, 0.3) is 0 Å². The molecule has 0 bridgehead atoms. The number of carbonyl (C=O) groups is 1. The molecule has 0 saturated carbocycles. The van der Waals surface area contributed by atoms with Crippen molar-refractivity contribution in [2.45, 2.75) is 6.92 Å². The first kappa shape index (κ1) is 10.2. The normalized spacial score (nSPS) is 11.0. The third-order valence-corrected chi connectivity index (χ3v) is 1.11. The van der Waals surface area contributed by atoms with E-state index >= 15 is 0 Å². The van der Waals surface area contributed by atoms with Gasteiger partial charge in [0.1, 0.15) is 11.8 Å². The molecule has 0 aliphatic heterocycles. The van der Waals surface area contributed by atoms with Gasteiger partial charge in [0.05, 0.1) is 0 Å². The van der Waals surface area contributed by atoms with Gasteiger partial charge in [-0.3, -0.25) is 4.79 Å². The number of allylic oxidation sites excluding steroid dienone is 1. The minimum Gasteiger partial charge on any atom is -0.511 e. The number of nitriles is 1. The van der Waals surface area contributed by atoms with E-state index in [1.165, 1.54) is 13.0 Å². The maximum atomic E-state index is 11.0. The summed E-state index contributed by atoms with van der Waals surface area (Å²) in [5, 5.41) is 19.6. The lowest BCUT2D eigenvalue weighted by atomic mass is 10.2. The highest BCUT2D eigenvalue weighted by atomic mass is 16.3. The quantitative estimate of drug-likeness (QED) is 0.280. The van der Waals surface area contributed by atoms with Crippen LogP contribution in [0.1, 0.15) is 6.92 Å². The summed E-state index contributed by atoms with van der Waals surface area (Å²) in [5.74, 6) is -0.864. The summed E-state index contributed by atoms with van der Waals surface area (Å²) in [6, 6.07) is 1.59. The molecule has 12 heavy (non-hydrogen) atoms. The summed E-state index contributed by atoms with van der Waals surface area (Å²) in [6.07, 6.45) is 1.49. The first-order valence-corrected chi connectivity index (χ1v) is 3.32. The Morgan fingerprint density at radius 2 is 2.42 bits per heavy atom. The van der Waals surface area contributed by atoms with Gasteiger partial charge < -0.3 is 10.4 Å². The topological polar surface area (TPSA) is 73.1 Å². The zero-order valence-corrected chi connectivity index (χ0v) is 6.79. The molecule has 0 aromatic rings. The Balaban J connectivity index is 4.38. The molecular formula is C8H10N2O2. The Labute approximate surface area is 70.8 Å². The fourth-order valence-corrected chi connectivity index (χ4v) is 0.549. The number of aliphatic hydroxyl groups is 1. The van der Waals surface area contributed by atoms with Crippen molar-refractivity contribution >= 4 is 5.91 Å². The smallest absolute Gasteiger partial charge is 0.265 e. The summed E-state index contributed by atoms with van der Waals surface area (Å²) in [7, 11) is 0. The van der Waals surface area contributed by atoms with Crippen molar-refractivity contribution in [1.29, 1.82) is 5.26 Å². The van der Waals surface area contributed by atoms with E-state index in [-0.39, 0.29) is 17.9 Å². The highest BCUT2D eigenvalue weighted by Crippen LogP contribution is 1.98. The van der Waals surface area contributed by atoms with Crippen LogP contribution in [0.3, 0.4) is 0 Å². The summed E-state index contributed by atoms with van der Waals surface area (Å²) < 4.78 is 0. The van der Waals surface area contributed by atoms with Crippen LogP contribution in [-0.2, 0) is 4.79 Å². The van der Waals surface area contributed by atoms with Crippen LogP contribution in [0, 0.1) is 11.3 Å². The highest BCUT2D eigenvalue weighted by molar-refractivity contribution is 5.97. The molecular weight excluding hydrogens is 156 g/mol. The fourth-order valence-electron chi connectivity index (χ4n) is 0.549. The molecule has 0 aromatic heterocycles. The van der Waals surface area contributed by atoms with Gasteiger partial charge in [0.25, 0.3) is 5.91 Å². The first-order chi connectivity index (χ1) is 5.63. The summed E-state index contributed by atoms with van der Waals surface area (Å²) in [5.41, 5.74) is -0.267. The molecule has 0 fully saturated rings. The molecule has 2 N–H and O–H groups in total. The van der Waals surface area contributed by atoms with Gasteiger partial charge in [-0.2, -0.15) is 5.26 Å². The van der Waals surface area contributed by atoms with Gasteiger partial charge in [-0.15, -0.1) is 6.58 Å². The molecule has 4 heteroatoms. The molecule has 1 amide bonds. The number of amides is 1. The van der Waals surface area contributed by atoms with Gasteiger partial charge in [0, 0.05) is 6.54 Å². The van der Waals surface area contributed by atoms with Crippen molar-refractivity contribution in [3.63, 3.8) is 0 Å².